The monoisotopic (exact) mass is 326 g/mol. The van der Waals surface area contributed by atoms with E-state index in [4.69, 9.17) is 4.74 Å². The zero-order chi connectivity index (χ0) is 17.2. The molecule has 122 valence electrons. The molecule has 0 aliphatic heterocycles. The molecular formula is C17H14F4O2. The smallest absolute Gasteiger partial charge is 0.417 e. The van der Waals surface area contributed by atoms with E-state index in [-0.39, 0.29) is 17.7 Å². The lowest BCUT2D eigenvalue weighted by Crippen LogP contribution is -2.17. The van der Waals surface area contributed by atoms with Crippen LogP contribution >= 0.6 is 0 Å². The fourth-order valence-corrected chi connectivity index (χ4v) is 2.01. The summed E-state index contributed by atoms with van der Waals surface area (Å²) in [5.74, 6) is -1.87. The number of esters is 1. The maximum atomic E-state index is 13.0. The molecule has 2 nitrogen and oxygen atoms in total. The summed E-state index contributed by atoms with van der Waals surface area (Å²) in [5.41, 5.74) is -1.09. The third-order valence-corrected chi connectivity index (χ3v) is 3.26. The molecule has 0 radical (unpaired) electrons. The third kappa shape index (κ3) is 4.09. The number of hydrogen-bond acceptors (Lipinski definition) is 2. The Kier molecular flexibility index (Phi) is 4.73. The molecule has 0 unspecified atom stereocenters. The number of hydrogen-bond donors (Lipinski definition) is 0. The van der Waals surface area contributed by atoms with Crippen molar-refractivity contribution in [3.63, 3.8) is 0 Å². The average molecular weight is 326 g/mol. The van der Waals surface area contributed by atoms with E-state index in [1.54, 1.807) is 12.1 Å². The van der Waals surface area contributed by atoms with Crippen LogP contribution in [0.25, 0.3) is 0 Å². The van der Waals surface area contributed by atoms with E-state index in [2.05, 4.69) is 0 Å². The van der Waals surface area contributed by atoms with Crippen LogP contribution < -0.4 is 4.74 Å². The normalized spacial score (nSPS) is 11.6. The maximum absolute atomic E-state index is 13.0. The standard InChI is InChI=1S/C17H14F4O2/c1-10(2)11-3-6-13(7-4-11)23-16(22)14-8-5-12(18)9-15(14)17(19,20)21/h3-10H,1-2H3. The lowest BCUT2D eigenvalue weighted by Gasteiger charge is -2.13. The second-order valence-corrected chi connectivity index (χ2v) is 5.30. The lowest BCUT2D eigenvalue weighted by molar-refractivity contribution is -0.138. The Balaban J connectivity index is 2.27. The zero-order valence-electron chi connectivity index (χ0n) is 12.4. The fourth-order valence-electron chi connectivity index (χ4n) is 2.01. The van der Waals surface area contributed by atoms with Crippen LogP contribution in [0.2, 0.25) is 0 Å². The first-order chi connectivity index (χ1) is 10.7. The second-order valence-electron chi connectivity index (χ2n) is 5.30. The van der Waals surface area contributed by atoms with Crippen LogP contribution in [0, 0.1) is 5.82 Å². The Hall–Kier alpha value is -2.37. The maximum Gasteiger partial charge on any atom is 0.417 e. The van der Waals surface area contributed by atoms with Crippen LogP contribution in [0.4, 0.5) is 17.6 Å². The number of ether oxygens (including phenoxy) is 1. The van der Waals surface area contributed by atoms with Gasteiger partial charge in [0.15, 0.2) is 0 Å². The summed E-state index contributed by atoms with van der Waals surface area (Å²) in [5, 5.41) is 0. The highest BCUT2D eigenvalue weighted by atomic mass is 19.4. The van der Waals surface area contributed by atoms with E-state index in [1.807, 2.05) is 13.8 Å². The van der Waals surface area contributed by atoms with Crippen molar-refractivity contribution in [3.05, 3.63) is 65.0 Å². The van der Waals surface area contributed by atoms with Crippen LogP contribution in [-0.2, 0) is 6.18 Å². The van der Waals surface area contributed by atoms with Gasteiger partial charge in [-0.05, 0) is 41.8 Å². The Labute approximate surface area is 130 Å². The predicted octanol–water partition coefficient (Wildman–Crippen LogP) is 5.19. The topological polar surface area (TPSA) is 26.3 Å². The molecule has 0 aliphatic rings. The molecule has 0 aromatic heterocycles. The van der Waals surface area contributed by atoms with Crippen molar-refractivity contribution in [2.45, 2.75) is 25.9 Å². The Bertz CT molecular complexity index is 704. The summed E-state index contributed by atoms with van der Waals surface area (Å²) in [6.07, 6.45) is -4.85. The van der Waals surface area contributed by atoms with Gasteiger partial charge in [0.05, 0.1) is 11.1 Å². The molecule has 2 aromatic rings. The van der Waals surface area contributed by atoms with Crippen molar-refractivity contribution in [1.82, 2.24) is 0 Å². The van der Waals surface area contributed by atoms with Crippen molar-refractivity contribution < 1.29 is 27.1 Å². The molecule has 0 saturated carbocycles. The highest BCUT2D eigenvalue weighted by Crippen LogP contribution is 2.33. The number of rotatable bonds is 3. The predicted molar refractivity (Wildman–Crippen MR) is 76.9 cm³/mol. The molecule has 0 N–H and O–H groups in total. The third-order valence-electron chi connectivity index (χ3n) is 3.26. The quantitative estimate of drug-likeness (QED) is 0.441. The Morgan fingerprint density at radius 2 is 1.65 bits per heavy atom. The van der Waals surface area contributed by atoms with Gasteiger partial charge in [-0.25, -0.2) is 9.18 Å². The van der Waals surface area contributed by atoms with Crippen LogP contribution in [0.3, 0.4) is 0 Å². The molecule has 23 heavy (non-hydrogen) atoms. The van der Waals surface area contributed by atoms with E-state index in [9.17, 15) is 22.4 Å². The minimum atomic E-state index is -4.85. The van der Waals surface area contributed by atoms with Gasteiger partial charge >= 0.3 is 12.1 Å². The van der Waals surface area contributed by atoms with Crippen LogP contribution in [-0.4, -0.2) is 5.97 Å². The summed E-state index contributed by atoms with van der Waals surface area (Å²) in [6, 6.07) is 8.29. The van der Waals surface area contributed by atoms with Gasteiger partial charge in [-0.3, -0.25) is 0 Å². The molecule has 0 fully saturated rings. The Morgan fingerprint density at radius 1 is 1.04 bits per heavy atom. The van der Waals surface area contributed by atoms with E-state index in [0.29, 0.717) is 0 Å². The number of benzene rings is 2. The van der Waals surface area contributed by atoms with E-state index in [0.717, 1.165) is 17.7 Å². The van der Waals surface area contributed by atoms with Crippen LogP contribution in [0.15, 0.2) is 42.5 Å². The van der Waals surface area contributed by atoms with Crippen molar-refractivity contribution in [1.29, 1.82) is 0 Å². The van der Waals surface area contributed by atoms with Gasteiger partial charge in [0, 0.05) is 0 Å². The molecule has 0 spiro atoms. The highest BCUT2D eigenvalue weighted by Gasteiger charge is 2.36. The fraction of sp³-hybridized carbons (Fsp3) is 0.235. The van der Waals surface area contributed by atoms with Crippen molar-refractivity contribution in [3.8, 4) is 5.75 Å². The summed E-state index contributed by atoms with van der Waals surface area (Å²) < 4.78 is 56.7. The molecule has 0 bridgehead atoms. The molecule has 0 heterocycles. The van der Waals surface area contributed by atoms with E-state index < -0.39 is 29.1 Å². The second kappa shape index (κ2) is 6.40. The van der Waals surface area contributed by atoms with Crippen molar-refractivity contribution in [2.75, 3.05) is 0 Å². The Morgan fingerprint density at radius 3 is 2.17 bits per heavy atom. The number of carbonyl (C=O) groups is 1. The zero-order valence-corrected chi connectivity index (χ0v) is 12.4. The van der Waals surface area contributed by atoms with Gasteiger partial charge in [-0.15, -0.1) is 0 Å². The lowest BCUT2D eigenvalue weighted by atomic mass is 10.0. The van der Waals surface area contributed by atoms with E-state index in [1.165, 1.54) is 12.1 Å². The van der Waals surface area contributed by atoms with Crippen LogP contribution in [0.5, 0.6) is 5.75 Å². The van der Waals surface area contributed by atoms with E-state index >= 15 is 0 Å². The molecule has 0 aliphatic carbocycles. The molecule has 6 heteroatoms. The minimum Gasteiger partial charge on any atom is -0.423 e. The summed E-state index contributed by atoms with van der Waals surface area (Å²) in [4.78, 5) is 12.0. The number of alkyl halides is 3. The minimum absolute atomic E-state index is 0.122. The first kappa shape index (κ1) is 17.0. The molecule has 0 amide bonds. The largest absolute Gasteiger partial charge is 0.423 e. The SMILES string of the molecule is CC(C)c1ccc(OC(=O)c2ccc(F)cc2C(F)(F)F)cc1. The molecular weight excluding hydrogens is 312 g/mol. The highest BCUT2D eigenvalue weighted by molar-refractivity contribution is 5.92. The molecule has 0 atom stereocenters. The van der Waals surface area contributed by atoms with Gasteiger partial charge < -0.3 is 4.74 Å². The summed E-state index contributed by atoms with van der Waals surface area (Å²) >= 11 is 0. The van der Waals surface area contributed by atoms with Crippen LogP contribution in [0.1, 0.15) is 41.3 Å². The first-order valence-corrected chi connectivity index (χ1v) is 6.87. The first-order valence-electron chi connectivity index (χ1n) is 6.87. The van der Waals surface area contributed by atoms with Crippen molar-refractivity contribution in [2.24, 2.45) is 0 Å². The average Bonchev–Trinajstić information content (AvgIpc) is 2.46. The number of carbonyl (C=O) groups excluding carboxylic acids is 1. The summed E-state index contributed by atoms with van der Waals surface area (Å²) in [7, 11) is 0. The van der Waals surface area contributed by atoms with Crippen molar-refractivity contribution >= 4 is 5.97 Å². The van der Waals surface area contributed by atoms with Gasteiger partial charge in [-0.2, -0.15) is 13.2 Å². The summed E-state index contributed by atoms with van der Waals surface area (Å²) in [6.45, 7) is 3.96. The van der Waals surface area contributed by atoms with Gasteiger partial charge in [-0.1, -0.05) is 26.0 Å². The van der Waals surface area contributed by atoms with Gasteiger partial charge in [0.1, 0.15) is 11.6 Å². The number of halogens is 4. The molecule has 2 rings (SSSR count). The molecule has 2 aromatic carbocycles. The van der Waals surface area contributed by atoms with Gasteiger partial charge in [0.2, 0.25) is 0 Å². The van der Waals surface area contributed by atoms with Gasteiger partial charge in [0.25, 0.3) is 0 Å². The molecule has 0 saturated heterocycles.